The van der Waals surface area contributed by atoms with Crippen LogP contribution in [0.5, 0.6) is 17.2 Å². The molecule has 5 rings (SSSR count). The van der Waals surface area contributed by atoms with Crippen molar-refractivity contribution in [2.45, 2.75) is 32.0 Å². The molecule has 1 saturated heterocycles. The van der Waals surface area contributed by atoms with Crippen LogP contribution in [0.4, 0.5) is 0 Å². The first kappa shape index (κ1) is 24.3. The molecular weight excluding hydrogens is 456 g/mol. The second-order valence-corrected chi connectivity index (χ2v) is 8.58. The van der Waals surface area contributed by atoms with E-state index in [9.17, 15) is 4.79 Å². The fraction of sp³-hybridized carbons (Fsp3) is 0.440. The summed E-state index contributed by atoms with van der Waals surface area (Å²) in [5.41, 5.74) is 2.75. The van der Waals surface area contributed by atoms with Crippen LogP contribution in [0.2, 0.25) is 0 Å². The highest BCUT2D eigenvalue weighted by Gasteiger charge is 2.19. The third kappa shape index (κ3) is 5.46. The van der Waals surface area contributed by atoms with Crippen LogP contribution in [0.1, 0.15) is 18.4 Å². The molecule has 2 aliphatic rings. The Balaban J connectivity index is 0.00000274. The molecule has 2 aromatic carbocycles. The highest BCUT2D eigenvalue weighted by Crippen LogP contribution is 2.30. The fourth-order valence-corrected chi connectivity index (χ4v) is 4.56. The molecule has 182 valence electrons. The predicted octanol–water partition coefficient (Wildman–Crippen LogP) is 2.85. The summed E-state index contributed by atoms with van der Waals surface area (Å²) in [6.07, 6.45) is 3.58. The van der Waals surface area contributed by atoms with Crippen molar-refractivity contribution in [3.63, 3.8) is 0 Å². The van der Waals surface area contributed by atoms with E-state index in [0.717, 1.165) is 67.3 Å². The van der Waals surface area contributed by atoms with Gasteiger partial charge < -0.3 is 29.0 Å². The van der Waals surface area contributed by atoms with Crippen LogP contribution < -0.4 is 25.1 Å². The van der Waals surface area contributed by atoms with Gasteiger partial charge in [0.05, 0.1) is 24.3 Å². The maximum Gasteiger partial charge on any atom is 0.269 e. The minimum atomic E-state index is -0.0771. The summed E-state index contributed by atoms with van der Waals surface area (Å²) in [7, 11) is 1.63. The number of rotatable bonds is 7. The number of nitrogens with one attached hydrogen (secondary N) is 1. The largest absolute Gasteiger partial charge is 0.497 e. The van der Waals surface area contributed by atoms with E-state index in [2.05, 4.69) is 27.3 Å². The fourth-order valence-electron chi connectivity index (χ4n) is 4.56. The number of aromatic nitrogens is 2. The second-order valence-electron chi connectivity index (χ2n) is 8.58. The minimum Gasteiger partial charge on any atom is -0.497 e. The normalized spacial score (nSPS) is 16.3. The van der Waals surface area contributed by atoms with Gasteiger partial charge in [-0.15, -0.1) is 12.4 Å². The molecule has 0 spiro atoms. The molecule has 0 bridgehead atoms. The summed E-state index contributed by atoms with van der Waals surface area (Å²) in [5.74, 6) is 2.40. The molecule has 0 unspecified atom stereocenters. The topological polar surface area (TPSA) is 77.9 Å². The maximum absolute atomic E-state index is 12.5. The van der Waals surface area contributed by atoms with Crippen molar-refractivity contribution in [3.8, 4) is 17.2 Å². The predicted molar refractivity (Wildman–Crippen MR) is 134 cm³/mol. The van der Waals surface area contributed by atoms with Crippen molar-refractivity contribution in [1.29, 1.82) is 0 Å². The monoisotopic (exact) mass is 486 g/mol. The van der Waals surface area contributed by atoms with Crippen LogP contribution in [0.25, 0.3) is 11.0 Å². The summed E-state index contributed by atoms with van der Waals surface area (Å²) in [4.78, 5) is 19.2. The molecule has 0 amide bonds. The number of piperidine rings is 1. The summed E-state index contributed by atoms with van der Waals surface area (Å²) >= 11 is 0. The van der Waals surface area contributed by atoms with Gasteiger partial charge in [-0.1, -0.05) is 6.07 Å². The van der Waals surface area contributed by atoms with E-state index < -0.39 is 0 Å². The molecule has 2 aliphatic heterocycles. The molecule has 0 aliphatic carbocycles. The Kier molecular flexibility index (Phi) is 7.92. The lowest BCUT2D eigenvalue weighted by atomic mass is 10.0. The zero-order valence-corrected chi connectivity index (χ0v) is 20.2. The molecule has 0 radical (unpaired) electrons. The second kappa shape index (κ2) is 11.1. The van der Waals surface area contributed by atoms with Crippen molar-refractivity contribution < 1.29 is 14.2 Å². The average molecular weight is 487 g/mol. The Hall–Kier alpha value is -2.81. The Labute approximate surface area is 205 Å². The molecule has 34 heavy (non-hydrogen) atoms. The summed E-state index contributed by atoms with van der Waals surface area (Å²) in [6.45, 7) is 5.55. The summed E-state index contributed by atoms with van der Waals surface area (Å²) < 4.78 is 18.4. The number of ether oxygens (including phenoxy) is 3. The van der Waals surface area contributed by atoms with E-state index in [1.807, 2.05) is 24.3 Å². The van der Waals surface area contributed by atoms with Crippen molar-refractivity contribution in [2.24, 2.45) is 0 Å². The molecule has 8 nitrogen and oxygen atoms in total. The Morgan fingerprint density at radius 2 is 1.85 bits per heavy atom. The van der Waals surface area contributed by atoms with Gasteiger partial charge in [0, 0.05) is 31.7 Å². The number of hydrogen-bond acceptors (Lipinski definition) is 7. The molecule has 0 saturated carbocycles. The molecular formula is C25H31ClN4O4. The van der Waals surface area contributed by atoms with Gasteiger partial charge in [-0.25, -0.2) is 4.98 Å². The van der Waals surface area contributed by atoms with Gasteiger partial charge in [-0.05, 0) is 55.8 Å². The molecule has 1 N–H and O–H groups in total. The molecule has 3 aromatic rings. The van der Waals surface area contributed by atoms with Crippen LogP contribution in [0.3, 0.4) is 0 Å². The van der Waals surface area contributed by atoms with Gasteiger partial charge in [0.25, 0.3) is 5.56 Å². The van der Waals surface area contributed by atoms with Gasteiger partial charge in [-0.2, -0.15) is 0 Å². The van der Waals surface area contributed by atoms with E-state index in [4.69, 9.17) is 14.2 Å². The zero-order valence-electron chi connectivity index (χ0n) is 19.4. The SMILES string of the molecule is COc1ccc2ncc(=O)n(CCN3CCC(NCc4ccc5c(c4)OCCO5)CC3)c2c1.Cl. The molecule has 0 atom stereocenters. The van der Waals surface area contributed by atoms with Crippen LogP contribution in [0, 0.1) is 0 Å². The van der Waals surface area contributed by atoms with E-state index in [0.29, 0.717) is 25.8 Å². The Morgan fingerprint density at radius 3 is 2.65 bits per heavy atom. The first-order valence-electron chi connectivity index (χ1n) is 11.6. The number of benzene rings is 2. The van der Waals surface area contributed by atoms with Crippen LogP contribution in [-0.4, -0.2) is 60.5 Å². The van der Waals surface area contributed by atoms with Gasteiger partial charge in [0.1, 0.15) is 19.0 Å². The Bertz CT molecular complexity index is 1180. The van der Waals surface area contributed by atoms with Gasteiger partial charge >= 0.3 is 0 Å². The molecule has 1 fully saturated rings. The maximum atomic E-state index is 12.5. The third-order valence-electron chi connectivity index (χ3n) is 6.48. The van der Waals surface area contributed by atoms with E-state index in [1.54, 1.807) is 11.7 Å². The van der Waals surface area contributed by atoms with Gasteiger partial charge in [0.2, 0.25) is 0 Å². The lowest BCUT2D eigenvalue weighted by molar-refractivity contribution is 0.171. The van der Waals surface area contributed by atoms with E-state index in [-0.39, 0.29) is 18.0 Å². The average Bonchev–Trinajstić information content (AvgIpc) is 2.87. The van der Waals surface area contributed by atoms with Crippen molar-refractivity contribution >= 4 is 23.4 Å². The van der Waals surface area contributed by atoms with E-state index >= 15 is 0 Å². The molecule has 9 heteroatoms. The minimum absolute atomic E-state index is 0. The number of likely N-dealkylation sites (tertiary alicyclic amines) is 1. The first-order valence-corrected chi connectivity index (χ1v) is 11.6. The van der Waals surface area contributed by atoms with Crippen LogP contribution in [0.15, 0.2) is 47.4 Å². The smallest absolute Gasteiger partial charge is 0.269 e. The number of fused-ring (bicyclic) bond motifs is 2. The van der Waals surface area contributed by atoms with Crippen LogP contribution >= 0.6 is 12.4 Å². The standard InChI is InChI=1S/C25H30N4O4.ClH/c1-31-20-3-4-21-22(15-20)29(25(30)17-27-21)11-10-28-8-6-19(7-9-28)26-16-18-2-5-23-24(14-18)33-13-12-32-23;/h2-5,14-15,17,19,26H,6-13,16H2,1H3;1H. The van der Waals surface area contributed by atoms with Crippen LogP contribution in [-0.2, 0) is 13.1 Å². The summed E-state index contributed by atoms with van der Waals surface area (Å²) in [6, 6.07) is 12.3. The number of methoxy groups -OCH3 is 1. The molecule has 3 heterocycles. The Morgan fingerprint density at radius 1 is 1.06 bits per heavy atom. The molecule has 1 aromatic heterocycles. The highest BCUT2D eigenvalue weighted by atomic mass is 35.5. The third-order valence-corrected chi connectivity index (χ3v) is 6.48. The summed E-state index contributed by atoms with van der Waals surface area (Å²) in [5, 5.41) is 3.68. The number of halogens is 1. The van der Waals surface area contributed by atoms with E-state index in [1.165, 1.54) is 11.8 Å². The van der Waals surface area contributed by atoms with Gasteiger partial charge in [0.15, 0.2) is 11.5 Å². The lowest BCUT2D eigenvalue weighted by Crippen LogP contribution is -2.43. The lowest BCUT2D eigenvalue weighted by Gasteiger charge is -2.32. The number of hydrogen-bond donors (Lipinski definition) is 1. The zero-order chi connectivity index (χ0) is 22.6. The number of nitrogens with zero attached hydrogens (tertiary/aromatic N) is 3. The highest BCUT2D eigenvalue weighted by molar-refractivity contribution is 5.85. The van der Waals surface area contributed by atoms with Crippen molar-refractivity contribution in [1.82, 2.24) is 19.8 Å². The first-order chi connectivity index (χ1) is 16.2. The van der Waals surface area contributed by atoms with Crippen molar-refractivity contribution in [3.05, 3.63) is 58.5 Å². The quantitative estimate of drug-likeness (QED) is 0.550. The van der Waals surface area contributed by atoms with Crippen molar-refractivity contribution in [2.75, 3.05) is 40.0 Å². The van der Waals surface area contributed by atoms with Gasteiger partial charge in [-0.3, -0.25) is 4.79 Å².